The summed E-state index contributed by atoms with van der Waals surface area (Å²) in [5.74, 6) is 0.386. The van der Waals surface area contributed by atoms with Gasteiger partial charge in [-0.1, -0.05) is 12.1 Å². The molecule has 17 heavy (non-hydrogen) atoms. The quantitative estimate of drug-likeness (QED) is 0.870. The summed E-state index contributed by atoms with van der Waals surface area (Å²) in [6, 6.07) is 6.27. The number of hydrogen-bond acceptors (Lipinski definition) is 3. The molecule has 1 N–H and O–H groups in total. The van der Waals surface area contributed by atoms with E-state index in [1.807, 2.05) is 20.2 Å². The van der Waals surface area contributed by atoms with Gasteiger partial charge in [-0.25, -0.2) is 0 Å². The first kappa shape index (κ1) is 14.0. The van der Waals surface area contributed by atoms with Crippen molar-refractivity contribution in [3.05, 3.63) is 29.3 Å². The molecule has 0 spiro atoms. The largest absolute Gasteiger partial charge is 0.508 e. The highest BCUT2D eigenvalue weighted by atomic mass is 16.3. The lowest BCUT2D eigenvalue weighted by Gasteiger charge is -2.28. The van der Waals surface area contributed by atoms with Crippen LogP contribution in [0.15, 0.2) is 18.2 Å². The monoisotopic (exact) mass is 236 g/mol. The van der Waals surface area contributed by atoms with Gasteiger partial charge in [-0.05, 0) is 53.7 Å². The van der Waals surface area contributed by atoms with E-state index in [1.165, 1.54) is 5.56 Å². The lowest BCUT2D eigenvalue weighted by atomic mass is 9.94. The molecule has 0 aromatic heterocycles. The maximum atomic E-state index is 10.1. The summed E-state index contributed by atoms with van der Waals surface area (Å²) >= 11 is 0. The number of hydrogen-bond donors (Lipinski definition) is 1. The van der Waals surface area contributed by atoms with Crippen molar-refractivity contribution in [2.45, 2.75) is 25.9 Å². The number of benzene rings is 1. The Morgan fingerprint density at radius 1 is 0.941 bits per heavy atom. The van der Waals surface area contributed by atoms with Gasteiger partial charge in [0.15, 0.2) is 0 Å². The van der Waals surface area contributed by atoms with Crippen molar-refractivity contribution >= 4 is 0 Å². The molecule has 0 amide bonds. The molecule has 1 aromatic rings. The lowest BCUT2D eigenvalue weighted by Crippen LogP contribution is -2.23. The molecule has 0 fully saturated rings. The van der Waals surface area contributed by atoms with Crippen LogP contribution in [0.2, 0.25) is 0 Å². The normalized spacial score (nSPS) is 15.3. The Balaban J connectivity index is 3.26. The van der Waals surface area contributed by atoms with Crippen LogP contribution < -0.4 is 0 Å². The first-order valence-electron chi connectivity index (χ1n) is 6.00. The van der Waals surface area contributed by atoms with Crippen LogP contribution in [0.5, 0.6) is 5.75 Å². The highest BCUT2D eigenvalue weighted by Crippen LogP contribution is 2.34. The van der Waals surface area contributed by atoms with Gasteiger partial charge >= 0.3 is 0 Å². The molecule has 0 heterocycles. The molecular weight excluding hydrogens is 212 g/mol. The summed E-state index contributed by atoms with van der Waals surface area (Å²) < 4.78 is 0. The molecule has 1 aromatic carbocycles. The average Bonchev–Trinajstić information content (AvgIpc) is 2.26. The average molecular weight is 236 g/mol. The Bertz CT molecular complexity index is 374. The Kier molecular flexibility index (Phi) is 4.54. The van der Waals surface area contributed by atoms with Crippen LogP contribution in [0.1, 0.15) is 37.1 Å². The molecule has 2 atom stereocenters. The van der Waals surface area contributed by atoms with E-state index in [4.69, 9.17) is 0 Å². The van der Waals surface area contributed by atoms with E-state index in [0.717, 1.165) is 5.56 Å². The van der Waals surface area contributed by atoms with Crippen molar-refractivity contribution in [2.24, 2.45) is 0 Å². The Morgan fingerprint density at radius 2 is 1.47 bits per heavy atom. The van der Waals surface area contributed by atoms with Crippen molar-refractivity contribution in [3.8, 4) is 5.75 Å². The van der Waals surface area contributed by atoms with Crippen molar-refractivity contribution in [1.29, 1.82) is 0 Å². The van der Waals surface area contributed by atoms with Crippen molar-refractivity contribution in [2.75, 3.05) is 28.2 Å². The zero-order valence-corrected chi connectivity index (χ0v) is 11.7. The van der Waals surface area contributed by atoms with E-state index in [-0.39, 0.29) is 6.04 Å². The van der Waals surface area contributed by atoms with Gasteiger partial charge in [-0.3, -0.25) is 0 Å². The summed E-state index contributed by atoms with van der Waals surface area (Å²) in [5.41, 5.74) is 2.22. The van der Waals surface area contributed by atoms with Crippen molar-refractivity contribution < 1.29 is 5.11 Å². The molecule has 0 bridgehead atoms. The molecule has 3 nitrogen and oxygen atoms in total. The molecule has 0 aliphatic carbocycles. The van der Waals surface area contributed by atoms with Crippen LogP contribution in [0.4, 0.5) is 0 Å². The highest BCUT2D eigenvalue weighted by molar-refractivity contribution is 5.42. The minimum Gasteiger partial charge on any atom is -0.508 e. The minimum atomic E-state index is 0.202. The van der Waals surface area contributed by atoms with E-state index >= 15 is 0 Å². The summed E-state index contributed by atoms with van der Waals surface area (Å²) in [6.45, 7) is 4.27. The number of phenolic OH excluding ortho intramolecular Hbond substituents is 1. The molecule has 0 saturated heterocycles. The van der Waals surface area contributed by atoms with Gasteiger partial charge in [-0.15, -0.1) is 0 Å². The Morgan fingerprint density at radius 3 is 1.94 bits per heavy atom. The Labute approximate surface area is 105 Å². The third-order valence-corrected chi connectivity index (χ3v) is 3.53. The van der Waals surface area contributed by atoms with Gasteiger partial charge < -0.3 is 14.9 Å². The van der Waals surface area contributed by atoms with E-state index in [2.05, 4.69) is 43.8 Å². The van der Waals surface area contributed by atoms with E-state index in [1.54, 1.807) is 6.07 Å². The number of rotatable bonds is 4. The number of nitrogens with zero attached hydrogens (tertiary/aromatic N) is 2. The smallest absolute Gasteiger partial charge is 0.120 e. The van der Waals surface area contributed by atoms with Gasteiger partial charge in [0.2, 0.25) is 0 Å². The van der Waals surface area contributed by atoms with Crippen LogP contribution in [0.3, 0.4) is 0 Å². The molecule has 2 unspecified atom stereocenters. The summed E-state index contributed by atoms with van der Waals surface area (Å²) in [5, 5.41) is 10.1. The minimum absolute atomic E-state index is 0.202. The van der Waals surface area contributed by atoms with Gasteiger partial charge in [-0.2, -0.15) is 0 Å². The second-order valence-corrected chi connectivity index (χ2v) is 5.06. The zero-order chi connectivity index (χ0) is 13.2. The van der Waals surface area contributed by atoms with Gasteiger partial charge in [0, 0.05) is 17.6 Å². The number of phenols is 1. The van der Waals surface area contributed by atoms with Gasteiger partial charge in [0.05, 0.1) is 0 Å². The SMILES string of the molecule is CC(c1cccc(O)c1C(C)N(C)C)N(C)C. The van der Waals surface area contributed by atoms with Crippen LogP contribution in [0.25, 0.3) is 0 Å². The zero-order valence-electron chi connectivity index (χ0n) is 11.7. The molecule has 0 aliphatic heterocycles. The lowest BCUT2D eigenvalue weighted by molar-refractivity contribution is 0.289. The third-order valence-electron chi connectivity index (χ3n) is 3.53. The molecule has 0 saturated carbocycles. The first-order valence-corrected chi connectivity index (χ1v) is 6.00. The summed E-state index contributed by atoms with van der Waals surface area (Å²) in [4.78, 5) is 4.27. The topological polar surface area (TPSA) is 26.7 Å². The Hall–Kier alpha value is -1.06. The van der Waals surface area contributed by atoms with Crippen molar-refractivity contribution in [1.82, 2.24) is 9.80 Å². The summed E-state index contributed by atoms with van der Waals surface area (Å²) in [6.07, 6.45) is 0. The van der Waals surface area contributed by atoms with E-state index < -0.39 is 0 Å². The fraction of sp³-hybridized carbons (Fsp3) is 0.571. The van der Waals surface area contributed by atoms with Crippen LogP contribution >= 0.6 is 0 Å². The molecule has 96 valence electrons. The molecule has 0 radical (unpaired) electrons. The fourth-order valence-corrected chi connectivity index (χ4v) is 1.93. The molecule has 1 rings (SSSR count). The van der Waals surface area contributed by atoms with Crippen LogP contribution in [-0.2, 0) is 0 Å². The summed E-state index contributed by atoms with van der Waals surface area (Å²) in [7, 11) is 8.17. The second kappa shape index (κ2) is 5.52. The predicted molar refractivity (Wildman–Crippen MR) is 72.3 cm³/mol. The van der Waals surface area contributed by atoms with E-state index in [9.17, 15) is 5.11 Å². The van der Waals surface area contributed by atoms with Gasteiger partial charge in [0.1, 0.15) is 5.75 Å². The van der Waals surface area contributed by atoms with Crippen LogP contribution in [-0.4, -0.2) is 43.1 Å². The van der Waals surface area contributed by atoms with Crippen molar-refractivity contribution in [3.63, 3.8) is 0 Å². The number of aromatic hydroxyl groups is 1. The highest BCUT2D eigenvalue weighted by Gasteiger charge is 2.20. The maximum absolute atomic E-state index is 10.1. The molecular formula is C14H24N2O. The van der Waals surface area contributed by atoms with Crippen LogP contribution in [0, 0.1) is 0 Å². The molecule has 3 heteroatoms. The standard InChI is InChI=1S/C14H24N2O/c1-10(15(3)4)12-8-7-9-13(17)14(12)11(2)16(5)6/h7-11,17H,1-6H3. The first-order chi connectivity index (χ1) is 7.86. The third kappa shape index (κ3) is 2.99. The van der Waals surface area contributed by atoms with Gasteiger partial charge in [0.25, 0.3) is 0 Å². The predicted octanol–water partition coefficient (Wildman–Crippen LogP) is 2.64. The fourth-order valence-electron chi connectivity index (χ4n) is 1.93. The van der Waals surface area contributed by atoms with E-state index in [0.29, 0.717) is 11.8 Å². The molecule has 0 aliphatic rings. The maximum Gasteiger partial charge on any atom is 0.120 e. The second-order valence-electron chi connectivity index (χ2n) is 5.06.